The maximum atomic E-state index is 12.5. The lowest BCUT2D eigenvalue weighted by Crippen LogP contribution is -2.18. The lowest BCUT2D eigenvalue weighted by molar-refractivity contribution is 0.0475. The van der Waals surface area contributed by atoms with E-state index in [0.29, 0.717) is 22.6 Å². The topological polar surface area (TPSA) is 81.7 Å². The average molecular weight is 468 g/mol. The molecule has 1 amide bonds. The molecule has 1 N–H and O–H groups in total. The molecule has 0 radical (unpaired) electrons. The minimum Gasteiger partial charge on any atom is -0.497 e. The van der Waals surface area contributed by atoms with E-state index in [4.69, 9.17) is 9.47 Å². The minimum absolute atomic E-state index is 0.158. The van der Waals surface area contributed by atoms with E-state index >= 15 is 0 Å². The monoisotopic (exact) mass is 467 g/mol. The highest BCUT2D eigenvalue weighted by molar-refractivity contribution is 9.10. The second-order valence-corrected chi connectivity index (χ2v) is 7.15. The summed E-state index contributed by atoms with van der Waals surface area (Å²) in [6, 6.07) is 19.8. The number of ketones is 1. The van der Waals surface area contributed by atoms with Crippen LogP contribution in [0.15, 0.2) is 77.3 Å². The van der Waals surface area contributed by atoms with Gasteiger partial charge in [0.05, 0.1) is 18.4 Å². The largest absolute Gasteiger partial charge is 0.497 e. The van der Waals surface area contributed by atoms with Crippen molar-refractivity contribution in [2.45, 2.75) is 0 Å². The van der Waals surface area contributed by atoms with E-state index < -0.39 is 12.6 Å². The number of nitrogens with one attached hydrogen (secondary N) is 1. The molecule has 152 valence electrons. The number of halogens is 1. The van der Waals surface area contributed by atoms with E-state index in [1.165, 1.54) is 13.2 Å². The molecule has 30 heavy (non-hydrogen) atoms. The molecule has 0 saturated heterocycles. The fourth-order valence-corrected chi connectivity index (χ4v) is 2.90. The first-order valence-electron chi connectivity index (χ1n) is 8.98. The quantitative estimate of drug-likeness (QED) is 0.400. The fourth-order valence-electron chi connectivity index (χ4n) is 2.63. The third kappa shape index (κ3) is 5.33. The van der Waals surface area contributed by atoms with Crippen LogP contribution < -0.4 is 10.1 Å². The van der Waals surface area contributed by atoms with Crippen LogP contribution in [-0.4, -0.2) is 31.4 Å². The van der Waals surface area contributed by atoms with Crippen LogP contribution in [0.5, 0.6) is 5.75 Å². The van der Waals surface area contributed by atoms with Crippen LogP contribution in [-0.2, 0) is 4.74 Å². The second kappa shape index (κ2) is 9.84. The number of carbonyl (C=O) groups excluding carboxylic acids is 3. The van der Waals surface area contributed by atoms with Crippen molar-refractivity contribution in [2.24, 2.45) is 0 Å². The molecule has 0 bridgehead atoms. The SMILES string of the molecule is COc1ccc(C(=O)COC(=O)c2ccccc2NC(=O)c2ccc(Br)cc2)cc1. The number of para-hydroxylation sites is 1. The Morgan fingerprint density at radius 3 is 2.17 bits per heavy atom. The Balaban J connectivity index is 1.66. The maximum Gasteiger partial charge on any atom is 0.340 e. The molecule has 0 saturated carbocycles. The van der Waals surface area contributed by atoms with Gasteiger partial charge in [-0.1, -0.05) is 28.1 Å². The van der Waals surface area contributed by atoms with Crippen molar-refractivity contribution in [1.82, 2.24) is 0 Å². The van der Waals surface area contributed by atoms with Gasteiger partial charge < -0.3 is 14.8 Å². The predicted molar refractivity (Wildman–Crippen MR) is 116 cm³/mol. The highest BCUT2D eigenvalue weighted by Gasteiger charge is 2.17. The van der Waals surface area contributed by atoms with Gasteiger partial charge in [-0.2, -0.15) is 0 Å². The third-order valence-corrected chi connectivity index (χ3v) is 4.78. The number of Topliss-reactive ketones (excluding diaryl/α,β-unsaturated/α-hetero) is 1. The summed E-state index contributed by atoms with van der Waals surface area (Å²) in [6.45, 7) is -0.417. The zero-order valence-corrected chi connectivity index (χ0v) is 17.6. The van der Waals surface area contributed by atoms with Gasteiger partial charge in [-0.25, -0.2) is 4.79 Å². The van der Waals surface area contributed by atoms with Gasteiger partial charge in [0.2, 0.25) is 0 Å². The number of anilines is 1. The van der Waals surface area contributed by atoms with Crippen molar-refractivity contribution in [3.8, 4) is 5.75 Å². The van der Waals surface area contributed by atoms with Crippen LogP contribution in [0, 0.1) is 0 Å². The van der Waals surface area contributed by atoms with E-state index in [9.17, 15) is 14.4 Å². The molecular formula is C23H18BrNO5. The molecule has 7 heteroatoms. The highest BCUT2D eigenvalue weighted by atomic mass is 79.9. The summed E-state index contributed by atoms with van der Waals surface area (Å²) < 4.78 is 11.1. The fraction of sp³-hybridized carbons (Fsp3) is 0.0870. The first-order valence-corrected chi connectivity index (χ1v) is 9.77. The summed E-state index contributed by atoms with van der Waals surface area (Å²) >= 11 is 3.32. The van der Waals surface area contributed by atoms with E-state index in [1.54, 1.807) is 66.7 Å². The average Bonchev–Trinajstić information content (AvgIpc) is 2.78. The van der Waals surface area contributed by atoms with Crippen molar-refractivity contribution in [2.75, 3.05) is 19.0 Å². The Morgan fingerprint density at radius 2 is 1.50 bits per heavy atom. The number of esters is 1. The summed E-state index contributed by atoms with van der Waals surface area (Å²) in [5, 5.41) is 2.71. The zero-order valence-electron chi connectivity index (χ0n) is 16.1. The maximum absolute atomic E-state index is 12.5. The first kappa shape index (κ1) is 21.3. The van der Waals surface area contributed by atoms with Gasteiger partial charge >= 0.3 is 5.97 Å². The Labute approximate surface area is 181 Å². The number of methoxy groups -OCH3 is 1. The molecule has 0 heterocycles. The molecule has 6 nitrogen and oxygen atoms in total. The van der Waals surface area contributed by atoms with Crippen LogP contribution in [0.25, 0.3) is 0 Å². The molecular weight excluding hydrogens is 450 g/mol. The second-order valence-electron chi connectivity index (χ2n) is 6.23. The lowest BCUT2D eigenvalue weighted by atomic mass is 10.1. The van der Waals surface area contributed by atoms with Gasteiger partial charge in [-0.15, -0.1) is 0 Å². The summed E-state index contributed by atoms with van der Waals surface area (Å²) in [5.74, 6) is -0.790. The number of hydrogen-bond acceptors (Lipinski definition) is 5. The summed E-state index contributed by atoms with van der Waals surface area (Å²) in [4.78, 5) is 37.2. The molecule has 3 aromatic rings. The molecule has 0 aliphatic rings. The number of hydrogen-bond donors (Lipinski definition) is 1. The molecule has 0 atom stereocenters. The van der Waals surface area contributed by atoms with Gasteiger partial charge in [0.25, 0.3) is 5.91 Å². The van der Waals surface area contributed by atoms with Crippen molar-refractivity contribution in [3.05, 3.63) is 94.0 Å². The molecule has 3 rings (SSSR count). The molecule has 3 aromatic carbocycles. The van der Waals surface area contributed by atoms with Crippen LogP contribution in [0.4, 0.5) is 5.69 Å². The molecule has 0 spiro atoms. The molecule has 0 aliphatic heterocycles. The minimum atomic E-state index is -0.705. The summed E-state index contributed by atoms with van der Waals surface area (Å²) in [7, 11) is 1.53. The van der Waals surface area contributed by atoms with E-state index in [-0.39, 0.29) is 17.3 Å². The number of benzene rings is 3. The van der Waals surface area contributed by atoms with Crippen molar-refractivity contribution in [1.29, 1.82) is 0 Å². The number of rotatable bonds is 7. The number of carbonyl (C=O) groups is 3. The standard InChI is InChI=1S/C23H18BrNO5/c1-29-18-12-8-15(9-13-18)21(26)14-30-23(28)19-4-2-3-5-20(19)25-22(27)16-6-10-17(24)11-7-16/h2-13H,14H2,1H3,(H,25,27). The normalized spacial score (nSPS) is 10.2. The van der Waals surface area contributed by atoms with E-state index in [0.717, 1.165) is 4.47 Å². The Morgan fingerprint density at radius 1 is 0.867 bits per heavy atom. The van der Waals surface area contributed by atoms with Crippen molar-refractivity contribution >= 4 is 39.3 Å². The number of amides is 1. The van der Waals surface area contributed by atoms with Crippen LogP contribution in [0.1, 0.15) is 31.1 Å². The lowest BCUT2D eigenvalue weighted by Gasteiger charge is -2.11. The molecule has 0 aliphatic carbocycles. The van der Waals surface area contributed by atoms with Gasteiger partial charge in [-0.3, -0.25) is 9.59 Å². The van der Waals surface area contributed by atoms with Gasteiger partial charge in [0.1, 0.15) is 5.75 Å². The van der Waals surface area contributed by atoms with Gasteiger partial charge in [-0.05, 0) is 60.7 Å². The zero-order chi connectivity index (χ0) is 21.5. The smallest absolute Gasteiger partial charge is 0.340 e. The molecule has 0 unspecified atom stereocenters. The van der Waals surface area contributed by atoms with E-state index in [1.807, 2.05) is 0 Å². The number of ether oxygens (including phenoxy) is 2. The molecule has 0 fully saturated rings. The van der Waals surface area contributed by atoms with E-state index in [2.05, 4.69) is 21.2 Å². The van der Waals surface area contributed by atoms with Crippen LogP contribution in [0.2, 0.25) is 0 Å². The Kier molecular flexibility index (Phi) is 6.98. The third-order valence-electron chi connectivity index (χ3n) is 4.25. The Bertz CT molecular complexity index is 1060. The first-order chi connectivity index (χ1) is 14.5. The van der Waals surface area contributed by atoms with Gasteiger partial charge in [0.15, 0.2) is 12.4 Å². The van der Waals surface area contributed by atoms with Crippen LogP contribution in [0.3, 0.4) is 0 Å². The predicted octanol–water partition coefficient (Wildman–Crippen LogP) is 4.75. The Hall–Kier alpha value is -3.45. The van der Waals surface area contributed by atoms with Crippen molar-refractivity contribution in [3.63, 3.8) is 0 Å². The summed E-state index contributed by atoms with van der Waals surface area (Å²) in [5.41, 5.74) is 1.30. The highest BCUT2D eigenvalue weighted by Crippen LogP contribution is 2.19. The van der Waals surface area contributed by atoms with Crippen molar-refractivity contribution < 1.29 is 23.9 Å². The van der Waals surface area contributed by atoms with Gasteiger partial charge in [0, 0.05) is 15.6 Å². The molecule has 0 aromatic heterocycles. The van der Waals surface area contributed by atoms with Crippen LogP contribution >= 0.6 is 15.9 Å². The summed E-state index contributed by atoms with van der Waals surface area (Å²) in [6.07, 6.45) is 0.